The molecule has 21 heavy (non-hydrogen) atoms. The zero-order valence-corrected chi connectivity index (χ0v) is 13.2. The summed E-state index contributed by atoms with van der Waals surface area (Å²) in [6, 6.07) is 0. The number of H-pyrrole nitrogens is 1. The highest BCUT2D eigenvalue weighted by molar-refractivity contribution is 6.31. The van der Waals surface area contributed by atoms with Crippen molar-refractivity contribution in [3.63, 3.8) is 0 Å². The predicted octanol–water partition coefficient (Wildman–Crippen LogP) is 2.52. The lowest BCUT2D eigenvalue weighted by Gasteiger charge is -2.30. The number of hydrogen-bond acceptors (Lipinski definition) is 5. The van der Waals surface area contributed by atoms with Gasteiger partial charge in [0, 0.05) is 19.9 Å². The molecule has 0 aliphatic carbocycles. The third-order valence-electron chi connectivity index (χ3n) is 4.06. The number of aromatic nitrogens is 4. The highest BCUT2D eigenvalue weighted by Gasteiger charge is 2.22. The molecule has 2 aromatic heterocycles. The second-order valence-electron chi connectivity index (χ2n) is 5.76. The van der Waals surface area contributed by atoms with Crippen molar-refractivity contribution in [2.75, 3.05) is 13.1 Å². The standard InChI is InChI=1S/C14H20ClN5O/c1-9-14(15)12(18-17-9)8-20-5-3-11(4-6-20)7-13-16-10(2)21-19-13/h11H,3-8H2,1-2H3,(H,17,18). The Kier molecular flexibility index (Phi) is 4.26. The summed E-state index contributed by atoms with van der Waals surface area (Å²) < 4.78 is 5.02. The molecule has 2 aromatic rings. The van der Waals surface area contributed by atoms with Gasteiger partial charge in [0.15, 0.2) is 5.82 Å². The van der Waals surface area contributed by atoms with Crippen molar-refractivity contribution in [3.8, 4) is 0 Å². The van der Waals surface area contributed by atoms with Crippen molar-refractivity contribution in [2.45, 2.75) is 39.7 Å². The zero-order chi connectivity index (χ0) is 14.8. The first-order chi connectivity index (χ1) is 10.1. The van der Waals surface area contributed by atoms with Gasteiger partial charge in [0.05, 0.1) is 16.4 Å². The lowest BCUT2D eigenvalue weighted by Crippen LogP contribution is -2.34. The van der Waals surface area contributed by atoms with E-state index in [0.29, 0.717) is 11.8 Å². The largest absolute Gasteiger partial charge is 0.340 e. The van der Waals surface area contributed by atoms with Crippen molar-refractivity contribution >= 4 is 11.6 Å². The van der Waals surface area contributed by atoms with Crippen LogP contribution < -0.4 is 0 Å². The van der Waals surface area contributed by atoms with Gasteiger partial charge in [-0.15, -0.1) is 0 Å². The van der Waals surface area contributed by atoms with Gasteiger partial charge >= 0.3 is 0 Å². The summed E-state index contributed by atoms with van der Waals surface area (Å²) >= 11 is 6.22. The van der Waals surface area contributed by atoms with E-state index in [1.54, 1.807) is 0 Å². The highest BCUT2D eigenvalue weighted by Crippen LogP contribution is 2.24. The van der Waals surface area contributed by atoms with Crippen LogP contribution in [0.5, 0.6) is 0 Å². The maximum absolute atomic E-state index is 6.22. The first kappa shape index (κ1) is 14.5. The number of nitrogens with zero attached hydrogens (tertiary/aromatic N) is 4. The number of nitrogens with one attached hydrogen (secondary N) is 1. The van der Waals surface area contributed by atoms with Gasteiger partial charge < -0.3 is 4.52 Å². The molecule has 1 aliphatic heterocycles. The molecule has 3 heterocycles. The fraction of sp³-hybridized carbons (Fsp3) is 0.643. The smallest absolute Gasteiger partial charge is 0.223 e. The van der Waals surface area contributed by atoms with Gasteiger partial charge in [-0.1, -0.05) is 16.8 Å². The average molecular weight is 310 g/mol. The summed E-state index contributed by atoms with van der Waals surface area (Å²) in [4.78, 5) is 6.69. The van der Waals surface area contributed by atoms with Gasteiger partial charge in [0.25, 0.3) is 0 Å². The molecular weight excluding hydrogens is 290 g/mol. The van der Waals surface area contributed by atoms with Crippen LogP contribution in [0.15, 0.2) is 4.52 Å². The van der Waals surface area contributed by atoms with E-state index in [0.717, 1.165) is 61.1 Å². The molecular formula is C14H20ClN5O. The van der Waals surface area contributed by atoms with Crippen LogP contribution in [-0.4, -0.2) is 38.3 Å². The average Bonchev–Trinajstić information content (AvgIpc) is 3.01. The van der Waals surface area contributed by atoms with Crippen LogP contribution in [0.2, 0.25) is 5.02 Å². The summed E-state index contributed by atoms with van der Waals surface area (Å²) in [6.07, 6.45) is 3.21. The Morgan fingerprint density at radius 3 is 2.67 bits per heavy atom. The van der Waals surface area contributed by atoms with Crippen molar-refractivity contribution < 1.29 is 4.52 Å². The van der Waals surface area contributed by atoms with Crippen LogP contribution in [0.3, 0.4) is 0 Å². The van der Waals surface area contributed by atoms with E-state index in [1.165, 1.54) is 0 Å². The second kappa shape index (κ2) is 6.15. The van der Waals surface area contributed by atoms with E-state index in [1.807, 2.05) is 13.8 Å². The van der Waals surface area contributed by atoms with Gasteiger partial charge in [0.1, 0.15) is 0 Å². The van der Waals surface area contributed by atoms with Crippen molar-refractivity contribution in [1.29, 1.82) is 0 Å². The SMILES string of the molecule is Cc1nc(CC2CCN(Cc3n[nH]c(C)c3Cl)CC2)no1. The molecule has 3 rings (SSSR count). The number of rotatable bonds is 4. The number of likely N-dealkylation sites (tertiary alicyclic amines) is 1. The van der Waals surface area contributed by atoms with Gasteiger partial charge in [0.2, 0.25) is 5.89 Å². The molecule has 1 aliphatic rings. The number of aryl methyl sites for hydroxylation is 2. The van der Waals surface area contributed by atoms with E-state index >= 15 is 0 Å². The maximum atomic E-state index is 6.22. The Morgan fingerprint density at radius 1 is 1.33 bits per heavy atom. The van der Waals surface area contributed by atoms with Crippen LogP contribution in [0, 0.1) is 19.8 Å². The molecule has 1 saturated heterocycles. The molecule has 0 radical (unpaired) electrons. The Bertz CT molecular complexity index is 600. The van der Waals surface area contributed by atoms with Crippen LogP contribution >= 0.6 is 11.6 Å². The molecule has 114 valence electrons. The lowest BCUT2D eigenvalue weighted by atomic mass is 9.93. The fourth-order valence-electron chi connectivity index (χ4n) is 2.81. The van der Waals surface area contributed by atoms with Gasteiger partial charge in [-0.3, -0.25) is 10.00 Å². The molecule has 0 aromatic carbocycles. The molecule has 0 spiro atoms. The zero-order valence-electron chi connectivity index (χ0n) is 12.4. The van der Waals surface area contributed by atoms with E-state index in [9.17, 15) is 0 Å². The molecule has 1 fully saturated rings. The summed E-state index contributed by atoms with van der Waals surface area (Å²) in [7, 11) is 0. The fourth-order valence-corrected chi connectivity index (χ4v) is 2.96. The Labute approximate surface area is 128 Å². The third-order valence-corrected chi connectivity index (χ3v) is 4.56. The summed E-state index contributed by atoms with van der Waals surface area (Å²) in [6.45, 7) is 6.71. The van der Waals surface area contributed by atoms with Gasteiger partial charge in [-0.2, -0.15) is 10.1 Å². The van der Waals surface area contributed by atoms with Gasteiger partial charge in [-0.05, 0) is 38.8 Å². The minimum absolute atomic E-state index is 0.634. The number of halogens is 1. The minimum atomic E-state index is 0.634. The first-order valence-electron chi connectivity index (χ1n) is 7.32. The van der Waals surface area contributed by atoms with E-state index in [2.05, 4.69) is 25.2 Å². The first-order valence-corrected chi connectivity index (χ1v) is 7.70. The number of aromatic amines is 1. The van der Waals surface area contributed by atoms with Crippen LogP contribution in [-0.2, 0) is 13.0 Å². The molecule has 7 heteroatoms. The predicted molar refractivity (Wildman–Crippen MR) is 79.1 cm³/mol. The summed E-state index contributed by atoms with van der Waals surface area (Å²) in [5.74, 6) is 2.11. The Hall–Kier alpha value is -1.40. The number of hydrogen-bond donors (Lipinski definition) is 1. The Morgan fingerprint density at radius 2 is 2.10 bits per heavy atom. The van der Waals surface area contributed by atoms with Crippen LogP contribution in [0.4, 0.5) is 0 Å². The second-order valence-corrected chi connectivity index (χ2v) is 6.14. The Balaban J connectivity index is 1.50. The molecule has 0 saturated carbocycles. The topological polar surface area (TPSA) is 70.8 Å². The van der Waals surface area contributed by atoms with Crippen molar-refractivity contribution in [1.82, 2.24) is 25.2 Å². The van der Waals surface area contributed by atoms with E-state index < -0.39 is 0 Å². The summed E-state index contributed by atoms with van der Waals surface area (Å²) in [5.41, 5.74) is 1.88. The molecule has 0 amide bonds. The minimum Gasteiger partial charge on any atom is -0.340 e. The molecule has 0 bridgehead atoms. The van der Waals surface area contributed by atoms with Crippen LogP contribution in [0.25, 0.3) is 0 Å². The number of piperidine rings is 1. The molecule has 0 atom stereocenters. The van der Waals surface area contributed by atoms with E-state index in [4.69, 9.17) is 16.1 Å². The van der Waals surface area contributed by atoms with Crippen molar-refractivity contribution in [3.05, 3.63) is 28.1 Å². The molecule has 6 nitrogen and oxygen atoms in total. The van der Waals surface area contributed by atoms with Crippen LogP contribution in [0.1, 0.15) is 35.9 Å². The van der Waals surface area contributed by atoms with Gasteiger partial charge in [-0.25, -0.2) is 0 Å². The lowest BCUT2D eigenvalue weighted by molar-refractivity contribution is 0.173. The molecule has 1 N–H and O–H groups in total. The third kappa shape index (κ3) is 3.44. The normalized spacial score (nSPS) is 17.5. The summed E-state index contributed by atoms with van der Waals surface area (Å²) in [5, 5.41) is 11.9. The monoisotopic (exact) mass is 309 g/mol. The van der Waals surface area contributed by atoms with E-state index in [-0.39, 0.29) is 0 Å². The van der Waals surface area contributed by atoms with Crippen molar-refractivity contribution in [2.24, 2.45) is 5.92 Å². The molecule has 0 unspecified atom stereocenters. The highest BCUT2D eigenvalue weighted by atomic mass is 35.5. The quantitative estimate of drug-likeness (QED) is 0.939. The maximum Gasteiger partial charge on any atom is 0.223 e.